The van der Waals surface area contributed by atoms with Gasteiger partial charge in [-0.25, -0.2) is 34.3 Å². The second kappa shape index (κ2) is 10.1. The van der Waals surface area contributed by atoms with Crippen LogP contribution in [-0.4, -0.2) is 80.6 Å². The standard InChI is InChI=1S/C21H18N7O9PS2/c22-16-13-17(24-6-23-16)28(7-25-13)20-15(31)14(30)11(36-20)4-35-38(33,34)37-21(32)10-5-39-18(27-10)19-26-9-2-1-8(29)3-12(9)40-19/h1-3,5-7,11,14-15,20,29-31H,4H2,(H,33,34)(H2,22,23,24)/t11-,14-,15-,20?/m1/s1. The number of imidazole rings is 1. The number of phenolic OH excluding ortho intramolecular Hbond substituents is 1. The minimum absolute atomic E-state index is 0.0836. The number of nitrogens with two attached hydrogens (primary N) is 1. The van der Waals surface area contributed by atoms with Gasteiger partial charge in [0, 0.05) is 5.38 Å². The largest absolute Gasteiger partial charge is 0.529 e. The number of thiazole rings is 2. The Balaban J connectivity index is 1.10. The minimum atomic E-state index is -4.98. The van der Waals surface area contributed by atoms with E-state index in [1.165, 1.54) is 40.0 Å². The third-order valence-corrected chi connectivity index (χ3v) is 8.74. The third kappa shape index (κ3) is 4.91. The number of fused-ring (bicyclic) bond motifs is 2. The molecule has 4 aromatic heterocycles. The molecule has 0 spiro atoms. The van der Waals surface area contributed by atoms with Crippen molar-refractivity contribution in [2.24, 2.45) is 0 Å². The Morgan fingerprint density at radius 2 is 2.00 bits per heavy atom. The van der Waals surface area contributed by atoms with Crippen molar-refractivity contribution in [1.29, 1.82) is 0 Å². The molecule has 6 N–H and O–H groups in total. The van der Waals surface area contributed by atoms with Gasteiger partial charge in [-0.2, -0.15) is 0 Å². The molecule has 40 heavy (non-hydrogen) atoms. The van der Waals surface area contributed by atoms with Crippen LogP contribution in [0.15, 0.2) is 36.2 Å². The van der Waals surface area contributed by atoms with Crippen LogP contribution in [0.1, 0.15) is 16.7 Å². The molecular weight excluding hydrogens is 589 g/mol. The number of rotatable bonds is 7. The summed E-state index contributed by atoms with van der Waals surface area (Å²) in [6.07, 6.45) is -2.99. The Kier molecular flexibility index (Phi) is 6.71. The molecule has 1 saturated heterocycles. The molecule has 1 fully saturated rings. The molecule has 1 aliphatic heterocycles. The van der Waals surface area contributed by atoms with E-state index in [0.29, 0.717) is 20.2 Å². The number of nitrogen functional groups attached to an aromatic ring is 1. The molecule has 5 heterocycles. The van der Waals surface area contributed by atoms with E-state index >= 15 is 0 Å². The molecule has 0 amide bonds. The lowest BCUT2D eigenvalue weighted by Crippen LogP contribution is -2.33. The predicted octanol–water partition coefficient (Wildman–Crippen LogP) is 1.44. The van der Waals surface area contributed by atoms with Crippen molar-refractivity contribution in [1.82, 2.24) is 29.5 Å². The molecule has 6 rings (SSSR count). The minimum Gasteiger partial charge on any atom is -0.508 e. The first-order valence-electron chi connectivity index (χ1n) is 11.3. The molecule has 1 aromatic carbocycles. The Labute approximate surface area is 230 Å². The average molecular weight is 608 g/mol. The highest BCUT2D eigenvalue weighted by Crippen LogP contribution is 2.45. The number of anilines is 1. The number of carbonyl (C=O) groups is 1. The summed E-state index contributed by atoms with van der Waals surface area (Å²) in [4.78, 5) is 43.1. The highest BCUT2D eigenvalue weighted by Gasteiger charge is 2.45. The van der Waals surface area contributed by atoms with E-state index in [2.05, 4.69) is 29.4 Å². The number of aromatic nitrogens is 6. The average Bonchev–Trinajstić information content (AvgIpc) is 3.69. The summed E-state index contributed by atoms with van der Waals surface area (Å²) >= 11 is 2.31. The van der Waals surface area contributed by atoms with E-state index in [4.69, 9.17) is 15.0 Å². The van der Waals surface area contributed by atoms with Gasteiger partial charge in [-0.1, -0.05) is 0 Å². The first-order valence-corrected chi connectivity index (χ1v) is 14.5. The number of ether oxygens (including phenoxy) is 1. The maximum Gasteiger partial charge on any atom is 0.529 e. The van der Waals surface area contributed by atoms with Gasteiger partial charge in [0.25, 0.3) is 0 Å². The van der Waals surface area contributed by atoms with Crippen LogP contribution in [0.3, 0.4) is 0 Å². The van der Waals surface area contributed by atoms with Gasteiger partial charge in [0.1, 0.15) is 35.9 Å². The van der Waals surface area contributed by atoms with E-state index in [0.717, 1.165) is 11.3 Å². The van der Waals surface area contributed by atoms with Crippen molar-refractivity contribution in [2.45, 2.75) is 24.5 Å². The van der Waals surface area contributed by atoms with Crippen LogP contribution < -0.4 is 5.73 Å². The summed E-state index contributed by atoms with van der Waals surface area (Å²) < 4.78 is 29.7. The Morgan fingerprint density at radius 1 is 1.18 bits per heavy atom. The summed E-state index contributed by atoms with van der Waals surface area (Å²) in [6.45, 7) is -0.708. The number of phenols is 1. The topological polar surface area (TPSA) is 238 Å². The third-order valence-electron chi connectivity index (χ3n) is 5.87. The molecule has 5 aromatic rings. The van der Waals surface area contributed by atoms with Crippen LogP contribution in [0.5, 0.6) is 5.75 Å². The number of nitrogens with zero attached hydrogens (tertiary/aromatic N) is 6. The summed E-state index contributed by atoms with van der Waals surface area (Å²) in [5.74, 6) is -1.03. The summed E-state index contributed by atoms with van der Waals surface area (Å²) in [6, 6.07) is 4.68. The Morgan fingerprint density at radius 3 is 2.83 bits per heavy atom. The smallest absolute Gasteiger partial charge is 0.508 e. The van der Waals surface area contributed by atoms with Gasteiger partial charge in [0.2, 0.25) is 0 Å². The number of aliphatic hydroxyl groups is 2. The lowest BCUT2D eigenvalue weighted by Gasteiger charge is -2.17. The molecule has 1 aliphatic rings. The van der Waals surface area contributed by atoms with Gasteiger partial charge in [-0.15, -0.1) is 22.7 Å². The molecule has 19 heteroatoms. The number of hydrogen-bond acceptors (Lipinski definition) is 16. The zero-order chi connectivity index (χ0) is 28.2. The molecule has 0 saturated carbocycles. The van der Waals surface area contributed by atoms with Crippen molar-refractivity contribution in [3.05, 3.63) is 41.9 Å². The number of benzene rings is 1. The zero-order valence-corrected chi connectivity index (χ0v) is 22.4. The van der Waals surface area contributed by atoms with E-state index in [1.54, 1.807) is 12.1 Å². The molecule has 0 aliphatic carbocycles. The van der Waals surface area contributed by atoms with Crippen LogP contribution in [0.2, 0.25) is 0 Å². The monoisotopic (exact) mass is 607 g/mol. The van der Waals surface area contributed by atoms with Gasteiger partial charge in [0.05, 0.1) is 23.2 Å². The van der Waals surface area contributed by atoms with Gasteiger partial charge in [-0.05, 0) is 18.2 Å². The van der Waals surface area contributed by atoms with Crippen molar-refractivity contribution in [3.8, 4) is 15.8 Å². The fourth-order valence-corrected chi connectivity index (χ4v) is 6.48. The van der Waals surface area contributed by atoms with E-state index < -0.39 is 44.9 Å². The molecule has 0 bridgehead atoms. The number of hydrogen-bond donors (Lipinski definition) is 5. The van der Waals surface area contributed by atoms with Gasteiger partial charge >= 0.3 is 13.8 Å². The lowest BCUT2D eigenvalue weighted by atomic mass is 10.1. The second-order valence-corrected chi connectivity index (χ2v) is 11.7. The summed E-state index contributed by atoms with van der Waals surface area (Å²) in [5, 5.41) is 32.8. The maximum absolute atomic E-state index is 12.5. The summed E-state index contributed by atoms with van der Waals surface area (Å²) in [5.41, 5.74) is 6.65. The molecular formula is C21H18N7O9PS2. The number of phosphoric acid groups is 1. The highest BCUT2D eigenvalue weighted by atomic mass is 32.1. The maximum atomic E-state index is 12.5. The predicted molar refractivity (Wildman–Crippen MR) is 139 cm³/mol. The quantitative estimate of drug-likeness (QED) is 0.165. The van der Waals surface area contributed by atoms with E-state index in [1.807, 2.05) is 0 Å². The lowest BCUT2D eigenvalue weighted by molar-refractivity contribution is -0.0508. The molecule has 0 radical (unpaired) electrons. The Bertz CT molecular complexity index is 1790. The van der Waals surface area contributed by atoms with Crippen LogP contribution in [0, 0.1) is 0 Å². The van der Waals surface area contributed by atoms with Crippen molar-refractivity contribution in [2.75, 3.05) is 12.3 Å². The fourth-order valence-electron chi connectivity index (χ4n) is 3.97. The van der Waals surface area contributed by atoms with Crippen molar-refractivity contribution in [3.63, 3.8) is 0 Å². The van der Waals surface area contributed by atoms with Crippen LogP contribution >= 0.6 is 30.5 Å². The number of aliphatic hydroxyl groups excluding tert-OH is 2. The van der Waals surface area contributed by atoms with Crippen LogP contribution in [-0.2, 0) is 18.3 Å². The van der Waals surface area contributed by atoms with Gasteiger partial charge < -0.3 is 30.3 Å². The number of aromatic hydroxyl groups is 1. The molecule has 16 nitrogen and oxygen atoms in total. The van der Waals surface area contributed by atoms with Crippen molar-refractivity contribution < 1.29 is 43.4 Å². The van der Waals surface area contributed by atoms with Crippen LogP contribution in [0.4, 0.5) is 5.82 Å². The Hall–Kier alpha value is -3.61. The second-order valence-electron chi connectivity index (χ2n) is 8.48. The van der Waals surface area contributed by atoms with Gasteiger partial charge in [-0.3, -0.25) is 14.0 Å². The first kappa shape index (κ1) is 26.6. The fraction of sp³-hybridized carbons (Fsp3) is 0.238. The van der Waals surface area contributed by atoms with Crippen molar-refractivity contribution >= 4 is 63.7 Å². The highest BCUT2D eigenvalue weighted by molar-refractivity contribution is 7.48. The van der Waals surface area contributed by atoms with Gasteiger partial charge in [0.15, 0.2) is 33.4 Å². The van der Waals surface area contributed by atoms with E-state index in [9.17, 15) is 29.6 Å². The van der Waals surface area contributed by atoms with Crippen LogP contribution in [0.25, 0.3) is 31.4 Å². The zero-order valence-electron chi connectivity index (χ0n) is 19.8. The molecule has 5 atom stereocenters. The normalized spacial score (nSPS) is 22.6. The number of phosphoric ester groups is 1. The molecule has 208 valence electrons. The first-order chi connectivity index (χ1) is 19.1. The number of carbonyl (C=O) groups excluding carboxylic acids is 1. The van der Waals surface area contributed by atoms with E-state index in [-0.39, 0.29) is 28.4 Å². The SMILES string of the molecule is Nc1ncnc2c1ncn2C1O[C@H](COP(=O)(O)OC(=O)c2csc(-c3nc4ccc(O)cc4s3)n2)[C@@H](O)[C@H]1O. The molecule has 2 unspecified atom stereocenters. The summed E-state index contributed by atoms with van der Waals surface area (Å²) in [7, 11) is -4.98.